The smallest absolute Gasteiger partial charge is 0.0850 e. The zero-order chi connectivity index (χ0) is 18.2. The molecule has 2 atom stereocenters. The van der Waals surface area contributed by atoms with E-state index in [0.29, 0.717) is 12.2 Å². The van der Waals surface area contributed by atoms with E-state index in [1.165, 1.54) is 35.1 Å². The maximum atomic E-state index is 5.27. The number of nitrogens with two attached hydrogens (primary N) is 1. The molecule has 3 nitrogen and oxygen atoms in total. The molecule has 26 heavy (non-hydrogen) atoms. The van der Waals surface area contributed by atoms with Crippen molar-refractivity contribution in [3.63, 3.8) is 0 Å². The first-order valence-electron chi connectivity index (χ1n) is 9.85. The molecular weight excluding hydrogens is 322 g/mol. The molecule has 2 unspecified atom stereocenters. The van der Waals surface area contributed by atoms with Gasteiger partial charge in [0.05, 0.1) is 25.4 Å². The lowest BCUT2D eigenvalue weighted by Gasteiger charge is -2.05. The summed E-state index contributed by atoms with van der Waals surface area (Å²) in [4.78, 5) is 0. The second kappa shape index (κ2) is 9.86. The van der Waals surface area contributed by atoms with Crippen LogP contribution in [0.2, 0.25) is 0 Å². The van der Waals surface area contributed by atoms with Crippen molar-refractivity contribution in [2.24, 2.45) is 5.73 Å². The average molecular weight is 354 g/mol. The topological polar surface area (TPSA) is 51.1 Å². The molecule has 0 amide bonds. The van der Waals surface area contributed by atoms with Crippen molar-refractivity contribution in [3.8, 4) is 0 Å². The Hall–Kier alpha value is -1.68. The fraction of sp³-hybridized carbons (Fsp3) is 0.478. The van der Waals surface area contributed by atoms with Crippen LogP contribution in [0.25, 0.3) is 0 Å². The first kappa shape index (κ1) is 19.1. The van der Waals surface area contributed by atoms with Gasteiger partial charge in [-0.15, -0.1) is 0 Å². The van der Waals surface area contributed by atoms with Crippen molar-refractivity contribution in [3.05, 3.63) is 70.8 Å². The van der Waals surface area contributed by atoms with E-state index >= 15 is 0 Å². The minimum absolute atomic E-state index is 0.471. The van der Waals surface area contributed by atoms with Gasteiger partial charge in [0.15, 0.2) is 0 Å². The van der Waals surface area contributed by atoms with Crippen molar-refractivity contribution in [2.45, 2.75) is 51.2 Å². The van der Waals surface area contributed by atoms with Crippen molar-refractivity contribution >= 4 is 0 Å². The monoisotopic (exact) mass is 353 g/mol. The lowest BCUT2D eigenvalue weighted by molar-refractivity contribution is 0.407. The van der Waals surface area contributed by atoms with Gasteiger partial charge < -0.3 is 15.2 Å². The average Bonchev–Trinajstić information content (AvgIpc) is 3.57. The zero-order valence-corrected chi connectivity index (χ0v) is 15.8. The summed E-state index contributed by atoms with van der Waals surface area (Å²) in [6.07, 6.45) is 6.44. The number of ether oxygens (including phenoxy) is 2. The molecule has 2 saturated heterocycles. The van der Waals surface area contributed by atoms with Gasteiger partial charge >= 0.3 is 0 Å². The van der Waals surface area contributed by atoms with Gasteiger partial charge in [0, 0.05) is 12.8 Å². The third-order valence-corrected chi connectivity index (χ3v) is 4.74. The predicted octanol–water partition coefficient (Wildman–Crippen LogP) is 3.91. The highest BCUT2D eigenvalue weighted by Crippen LogP contribution is 2.19. The Labute approximate surface area is 157 Å². The summed E-state index contributed by atoms with van der Waals surface area (Å²) in [5, 5.41) is 0. The molecule has 0 spiro atoms. The van der Waals surface area contributed by atoms with Gasteiger partial charge in [0.1, 0.15) is 0 Å². The maximum Gasteiger partial charge on any atom is 0.0850 e. The van der Waals surface area contributed by atoms with Crippen LogP contribution < -0.4 is 5.73 Å². The van der Waals surface area contributed by atoms with Crippen LogP contribution in [0.3, 0.4) is 0 Å². The Bertz CT molecular complexity index is 585. The lowest BCUT2D eigenvalue weighted by atomic mass is 10.0. The summed E-state index contributed by atoms with van der Waals surface area (Å²) in [5.41, 5.74) is 10.6. The van der Waals surface area contributed by atoms with Crippen LogP contribution in [0.5, 0.6) is 0 Å². The Morgan fingerprint density at radius 2 is 1.15 bits per heavy atom. The molecule has 2 aromatic carbocycles. The van der Waals surface area contributed by atoms with E-state index in [4.69, 9.17) is 15.2 Å². The fourth-order valence-electron chi connectivity index (χ4n) is 2.92. The number of hydrogen-bond acceptors (Lipinski definition) is 3. The van der Waals surface area contributed by atoms with E-state index in [0.717, 1.165) is 39.0 Å². The molecule has 2 aliphatic heterocycles. The van der Waals surface area contributed by atoms with Crippen molar-refractivity contribution in [2.75, 3.05) is 19.8 Å². The minimum atomic E-state index is 0.471. The largest absolute Gasteiger partial charge is 0.373 e. The van der Waals surface area contributed by atoms with Crippen LogP contribution >= 0.6 is 0 Å². The normalized spacial score (nSPS) is 20.2. The maximum absolute atomic E-state index is 5.27. The quantitative estimate of drug-likeness (QED) is 0.732. The third-order valence-electron chi connectivity index (χ3n) is 4.74. The van der Waals surface area contributed by atoms with Gasteiger partial charge in [-0.05, 0) is 41.6 Å². The van der Waals surface area contributed by atoms with Crippen LogP contribution in [0.15, 0.2) is 48.5 Å². The van der Waals surface area contributed by atoms with Gasteiger partial charge in [-0.3, -0.25) is 0 Å². The molecule has 0 aliphatic carbocycles. The highest BCUT2D eigenvalue weighted by atomic mass is 16.6. The van der Waals surface area contributed by atoms with Crippen LogP contribution in [-0.4, -0.2) is 32.0 Å². The summed E-state index contributed by atoms with van der Waals surface area (Å²) >= 11 is 0. The molecular formula is C23H31NO2. The van der Waals surface area contributed by atoms with E-state index in [9.17, 15) is 0 Å². The highest BCUT2D eigenvalue weighted by Gasteiger charge is 2.23. The first-order chi connectivity index (χ1) is 12.8. The molecule has 4 rings (SSSR count). The number of unbranched alkanes of at least 4 members (excludes halogenated alkanes) is 1. The molecule has 2 heterocycles. The zero-order valence-electron chi connectivity index (χ0n) is 15.8. The van der Waals surface area contributed by atoms with Crippen LogP contribution in [-0.2, 0) is 28.7 Å². The van der Waals surface area contributed by atoms with E-state index in [-0.39, 0.29) is 0 Å². The van der Waals surface area contributed by atoms with Gasteiger partial charge in [0.2, 0.25) is 0 Å². The number of benzene rings is 2. The summed E-state index contributed by atoms with van der Waals surface area (Å²) in [5.74, 6) is 0. The molecule has 0 radical (unpaired) electrons. The molecule has 0 bridgehead atoms. The van der Waals surface area contributed by atoms with E-state index in [1.54, 1.807) is 0 Å². The molecule has 2 fully saturated rings. The Balaban J connectivity index is 0.000000349. The van der Waals surface area contributed by atoms with Crippen molar-refractivity contribution in [1.82, 2.24) is 0 Å². The first-order valence-corrected chi connectivity index (χ1v) is 9.85. The number of rotatable bonds is 8. The van der Waals surface area contributed by atoms with E-state index in [2.05, 4.69) is 55.5 Å². The Morgan fingerprint density at radius 3 is 1.42 bits per heavy atom. The summed E-state index contributed by atoms with van der Waals surface area (Å²) in [6.45, 7) is 4.84. The summed E-state index contributed by atoms with van der Waals surface area (Å²) < 4.78 is 10.5. The highest BCUT2D eigenvalue weighted by molar-refractivity contribution is 5.31. The van der Waals surface area contributed by atoms with Crippen molar-refractivity contribution in [1.29, 1.82) is 0 Å². The second-order valence-corrected chi connectivity index (χ2v) is 7.27. The number of hydrogen-bond donors (Lipinski definition) is 1. The summed E-state index contributed by atoms with van der Waals surface area (Å²) in [7, 11) is 0. The van der Waals surface area contributed by atoms with Crippen LogP contribution in [0.1, 0.15) is 42.0 Å². The van der Waals surface area contributed by atoms with Crippen LogP contribution in [0.4, 0.5) is 0 Å². The lowest BCUT2D eigenvalue weighted by Crippen LogP contribution is -1.95. The van der Waals surface area contributed by atoms with E-state index < -0.39 is 0 Å². The molecule has 3 heteroatoms. The second-order valence-electron chi connectivity index (χ2n) is 7.27. The molecule has 0 aromatic heterocycles. The van der Waals surface area contributed by atoms with Crippen LogP contribution in [0, 0.1) is 0 Å². The molecule has 2 aromatic rings. The minimum Gasteiger partial charge on any atom is -0.373 e. The van der Waals surface area contributed by atoms with Gasteiger partial charge in [-0.25, -0.2) is 0 Å². The SMILES string of the molecule is CCCCN.c1cc(CC2CO2)ccc1Cc1ccc(CC2CO2)cc1. The Kier molecular flexibility index (Phi) is 7.24. The van der Waals surface area contributed by atoms with Gasteiger partial charge in [0.25, 0.3) is 0 Å². The standard InChI is InChI=1S/C19H20O2.C4H11N/c1-5-16(10-18-12-20-18)6-2-14(1)9-15-3-7-17(8-4-15)11-19-13-21-19;1-2-3-4-5/h1-8,18-19H,9-13H2;2-5H2,1H3. The van der Waals surface area contributed by atoms with Gasteiger partial charge in [-0.1, -0.05) is 61.9 Å². The molecule has 140 valence electrons. The third kappa shape index (κ3) is 6.91. The number of epoxide rings is 2. The molecule has 2 N–H and O–H groups in total. The molecule has 0 saturated carbocycles. The Morgan fingerprint density at radius 1 is 0.769 bits per heavy atom. The van der Waals surface area contributed by atoms with Gasteiger partial charge in [-0.2, -0.15) is 0 Å². The van der Waals surface area contributed by atoms with Crippen molar-refractivity contribution < 1.29 is 9.47 Å². The predicted molar refractivity (Wildman–Crippen MR) is 107 cm³/mol. The fourth-order valence-corrected chi connectivity index (χ4v) is 2.92. The molecule has 2 aliphatic rings. The van der Waals surface area contributed by atoms with E-state index in [1.807, 2.05) is 0 Å². The summed E-state index contributed by atoms with van der Waals surface area (Å²) in [6, 6.07) is 17.9.